The Morgan fingerprint density at radius 3 is 2.17 bits per heavy atom. The van der Waals surface area contributed by atoms with Gasteiger partial charge in [-0.3, -0.25) is 14.1 Å². The van der Waals surface area contributed by atoms with Gasteiger partial charge in [-0.25, -0.2) is 4.58 Å². The molecule has 0 spiro atoms. The summed E-state index contributed by atoms with van der Waals surface area (Å²) >= 11 is 0. The molecule has 0 saturated carbocycles. The smallest absolute Gasteiger partial charge is 0.307 e. The van der Waals surface area contributed by atoms with Crippen LogP contribution < -0.4 is 0 Å². The van der Waals surface area contributed by atoms with Crippen molar-refractivity contribution in [3.8, 4) is 0 Å². The van der Waals surface area contributed by atoms with E-state index in [0.29, 0.717) is 16.9 Å². The number of carbonyl (C=O) groups is 2. The number of Topliss-reactive ketones (excluding diaryl/α,β-unsaturated/α-hetero) is 1. The first-order valence-electron chi connectivity index (χ1n) is 13.4. The van der Waals surface area contributed by atoms with Crippen LogP contribution in [0.3, 0.4) is 0 Å². The number of aliphatic hydroxyl groups excluding tert-OH is 1. The molecule has 1 aliphatic carbocycles. The second-order valence-corrected chi connectivity index (χ2v) is 12.9. The number of aliphatic carboxylic acids is 1. The minimum atomic E-state index is -4.44. The van der Waals surface area contributed by atoms with E-state index in [1.54, 1.807) is 49.1 Å². The lowest BCUT2D eigenvalue weighted by Gasteiger charge is -2.28. The molecule has 0 saturated heterocycles. The predicted molar refractivity (Wildman–Crippen MR) is 163 cm³/mol. The third kappa shape index (κ3) is 6.24. The van der Waals surface area contributed by atoms with E-state index in [1.807, 2.05) is 58.8 Å². The number of hydrogen-bond donors (Lipinski definition) is 3. The Bertz CT molecular complexity index is 1650. The monoisotopic (exact) mass is 595 g/mol. The Hall–Kier alpha value is -4.02. The molecule has 0 aromatic carbocycles. The number of rotatable bonds is 9. The van der Waals surface area contributed by atoms with E-state index >= 15 is 0 Å². The summed E-state index contributed by atoms with van der Waals surface area (Å²) in [5, 5.41) is 20.3. The van der Waals surface area contributed by atoms with Gasteiger partial charge in [0.15, 0.2) is 11.9 Å². The lowest BCUT2D eigenvalue weighted by atomic mass is 9.77. The fraction of sp³-hybridized carbons (Fsp3) is 0.344. The summed E-state index contributed by atoms with van der Waals surface area (Å²) in [4.78, 5) is 26.2. The maximum Gasteiger partial charge on any atom is 0.307 e. The third-order valence-electron chi connectivity index (χ3n) is 7.71. The third-order valence-corrected chi connectivity index (χ3v) is 8.56. The van der Waals surface area contributed by atoms with Crippen molar-refractivity contribution in [2.75, 3.05) is 14.1 Å². The first kappa shape index (κ1) is 32.5. The molecule has 2 aliphatic heterocycles. The zero-order chi connectivity index (χ0) is 31.8. The highest BCUT2D eigenvalue weighted by Gasteiger charge is 2.44. The van der Waals surface area contributed by atoms with Gasteiger partial charge in [0.1, 0.15) is 12.8 Å². The maximum atomic E-state index is 13.3. The topological polar surface area (TPSA) is 135 Å². The number of allylic oxidation sites excluding steroid dienone is 12. The lowest BCUT2D eigenvalue weighted by molar-refractivity contribution is -0.419. The molecule has 42 heavy (non-hydrogen) atoms. The predicted octanol–water partition coefficient (Wildman–Crippen LogP) is 5.38. The van der Waals surface area contributed by atoms with E-state index in [4.69, 9.17) is 0 Å². The van der Waals surface area contributed by atoms with Crippen molar-refractivity contribution in [1.82, 2.24) is 4.90 Å². The molecule has 0 unspecified atom stereocenters. The molecule has 3 aliphatic rings. The van der Waals surface area contributed by atoms with Crippen LogP contribution in [0.25, 0.3) is 0 Å². The van der Waals surface area contributed by atoms with Gasteiger partial charge in [0.25, 0.3) is 10.1 Å². The SMILES string of the molecule is C/C=C\C(=C/C1=CN(C)/C(=C/C2=C(O)C(=CC3=[N+](C)C=C(/C=C(\C=C/C)S(=O)(=O)O)C3(C)C)C2=O)C1(C)C)CC(=O)O. The van der Waals surface area contributed by atoms with Crippen LogP contribution in [0.4, 0.5) is 0 Å². The van der Waals surface area contributed by atoms with E-state index in [-0.39, 0.29) is 34.0 Å². The zero-order valence-electron chi connectivity index (χ0n) is 25.3. The Labute approximate surface area is 247 Å². The summed E-state index contributed by atoms with van der Waals surface area (Å²) in [6.45, 7) is 11.1. The van der Waals surface area contributed by atoms with Crippen molar-refractivity contribution in [2.24, 2.45) is 10.8 Å². The Balaban J connectivity index is 1.96. The molecule has 0 atom stereocenters. The fourth-order valence-corrected chi connectivity index (χ4v) is 5.90. The van der Waals surface area contributed by atoms with Crippen LogP contribution in [0.2, 0.25) is 0 Å². The van der Waals surface area contributed by atoms with Crippen molar-refractivity contribution in [3.05, 3.63) is 105 Å². The molecule has 224 valence electrons. The average molecular weight is 596 g/mol. The van der Waals surface area contributed by atoms with Crippen molar-refractivity contribution < 1.29 is 37.3 Å². The Morgan fingerprint density at radius 2 is 1.64 bits per heavy atom. The van der Waals surface area contributed by atoms with Crippen molar-refractivity contribution in [3.63, 3.8) is 0 Å². The first-order chi connectivity index (χ1) is 19.4. The van der Waals surface area contributed by atoms with E-state index < -0.39 is 26.9 Å². The second-order valence-electron chi connectivity index (χ2n) is 11.5. The summed E-state index contributed by atoms with van der Waals surface area (Å²) in [5.74, 6) is -1.41. The van der Waals surface area contributed by atoms with Gasteiger partial charge in [-0.15, -0.1) is 0 Å². The lowest BCUT2D eigenvalue weighted by Crippen LogP contribution is -2.29. The van der Waals surface area contributed by atoms with Crippen LogP contribution >= 0.6 is 0 Å². The number of carbonyl (C=O) groups excluding carboxylic acids is 1. The van der Waals surface area contributed by atoms with Gasteiger partial charge in [-0.1, -0.05) is 38.2 Å². The molecule has 3 rings (SSSR count). The second kappa shape index (κ2) is 11.7. The highest BCUT2D eigenvalue weighted by Crippen LogP contribution is 2.45. The molecule has 0 bridgehead atoms. The van der Waals surface area contributed by atoms with E-state index in [9.17, 15) is 32.8 Å². The molecule has 0 amide bonds. The van der Waals surface area contributed by atoms with Crippen LogP contribution in [-0.4, -0.2) is 64.2 Å². The first-order valence-corrected chi connectivity index (χ1v) is 14.9. The van der Waals surface area contributed by atoms with Crippen LogP contribution in [0.5, 0.6) is 0 Å². The number of carboxylic acid groups (broad SMARTS) is 1. The van der Waals surface area contributed by atoms with Crippen molar-refractivity contribution >= 4 is 27.6 Å². The molecule has 0 fully saturated rings. The van der Waals surface area contributed by atoms with Crippen LogP contribution in [-0.2, 0) is 19.7 Å². The molecule has 10 heteroatoms. The van der Waals surface area contributed by atoms with Crippen molar-refractivity contribution in [2.45, 2.75) is 48.0 Å². The standard InChI is InChI=1S/C32H38N2O7S/c1-9-11-20(14-28(35)36)13-21-18-33(7)26(31(21,3)4)16-24-29(37)25(30(24)38)17-27-32(5,6)22(19-34(27)8)15-23(12-10-2)42(39,40)41/h9-13,15-19H,14H2,1-8H3,(H2-,35,36,37,38,39,40,41)/p+1/b11-9-,12-10-,20-13+,23-15+. The van der Waals surface area contributed by atoms with Gasteiger partial charge in [-0.05, 0) is 57.1 Å². The molecule has 0 aromatic rings. The van der Waals surface area contributed by atoms with Gasteiger partial charge >= 0.3 is 5.97 Å². The van der Waals surface area contributed by atoms with Crippen LogP contribution in [0.15, 0.2) is 105 Å². The molecular formula is C32H39N2O7S+. The van der Waals surface area contributed by atoms with E-state index in [1.165, 1.54) is 18.2 Å². The van der Waals surface area contributed by atoms with Gasteiger partial charge in [0, 0.05) is 36.0 Å². The summed E-state index contributed by atoms with van der Waals surface area (Å²) in [6.07, 6.45) is 16.3. The Kier molecular flexibility index (Phi) is 9.05. The molecule has 3 N–H and O–H groups in total. The number of aliphatic hydroxyl groups is 1. The van der Waals surface area contributed by atoms with E-state index in [2.05, 4.69) is 0 Å². The maximum absolute atomic E-state index is 13.3. The van der Waals surface area contributed by atoms with Crippen LogP contribution in [0.1, 0.15) is 48.0 Å². The normalized spacial score (nSPS) is 23.2. The van der Waals surface area contributed by atoms with Crippen LogP contribution in [0, 0.1) is 10.8 Å². The fourth-order valence-electron chi connectivity index (χ4n) is 5.31. The largest absolute Gasteiger partial charge is 0.506 e. The summed E-state index contributed by atoms with van der Waals surface area (Å²) in [7, 11) is -0.854. The van der Waals surface area contributed by atoms with Gasteiger partial charge in [-0.2, -0.15) is 8.42 Å². The van der Waals surface area contributed by atoms with Gasteiger partial charge < -0.3 is 15.1 Å². The summed E-state index contributed by atoms with van der Waals surface area (Å²) < 4.78 is 35.1. The minimum absolute atomic E-state index is 0.123. The minimum Gasteiger partial charge on any atom is -0.506 e. The zero-order valence-corrected chi connectivity index (χ0v) is 26.1. The molecular weight excluding hydrogens is 556 g/mol. The molecule has 9 nitrogen and oxygen atoms in total. The molecule has 0 aromatic heterocycles. The van der Waals surface area contributed by atoms with Crippen molar-refractivity contribution in [1.29, 1.82) is 0 Å². The highest BCUT2D eigenvalue weighted by atomic mass is 32.2. The number of nitrogens with zero attached hydrogens (tertiary/aromatic N) is 2. The summed E-state index contributed by atoms with van der Waals surface area (Å²) in [5.41, 5.74) is 2.53. The van der Waals surface area contributed by atoms with Gasteiger partial charge in [0.05, 0.1) is 27.9 Å². The average Bonchev–Trinajstić information content (AvgIpc) is 3.20. The quantitative estimate of drug-likeness (QED) is 0.140. The number of hydrogen-bond acceptors (Lipinski definition) is 6. The molecule has 2 heterocycles. The number of ketones is 1. The Morgan fingerprint density at radius 1 is 1.02 bits per heavy atom. The molecule has 0 radical (unpaired) electrons. The summed E-state index contributed by atoms with van der Waals surface area (Å²) in [6, 6.07) is 0. The number of carboxylic acids is 1. The highest BCUT2D eigenvalue weighted by molar-refractivity contribution is 7.90. The van der Waals surface area contributed by atoms with Gasteiger partial charge in [0.2, 0.25) is 5.78 Å². The van der Waals surface area contributed by atoms with E-state index in [0.717, 1.165) is 11.3 Å².